The summed E-state index contributed by atoms with van der Waals surface area (Å²) in [5, 5.41) is 19.9. The summed E-state index contributed by atoms with van der Waals surface area (Å²) in [5.41, 5.74) is 0.896. The molecule has 118 valence electrons. The average molecular weight is 318 g/mol. The normalized spacial score (nSPS) is 21.0. The van der Waals surface area contributed by atoms with Crippen LogP contribution < -0.4 is 0 Å². The van der Waals surface area contributed by atoms with Crippen molar-refractivity contribution in [3.05, 3.63) is 65.7 Å². The van der Waals surface area contributed by atoms with Crippen LogP contribution in [0.15, 0.2) is 65.1 Å². The number of aliphatic hydroxyl groups is 1. The molecule has 0 spiro atoms. The fourth-order valence-corrected chi connectivity index (χ4v) is 2.71. The van der Waals surface area contributed by atoms with Gasteiger partial charge in [0.25, 0.3) is 0 Å². The zero-order valence-corrected chi connectivity index (χ0v) is 12.7. The first kappa shape index (κ1) is 15.6. The molecule has 24 heavy (non-hydrogen) atoms. The number of carbonyl (C=O) groups is 1. The fourth-order valence-electron chi connectivity index (χ4n) is 2.71. The van der Waals surface area contributed by atoms with Gasteiger partial charge in [-0.3, -0.25) is 4.79 Å². The van der Waals surface area contributed by atoms with Gasteiger partial charge < -0.3 is 5.11 Å². The maximum absolute atomic E-state index is 12.4. The van der Waals surface area contributed by atoms with Crippen LogP contribution in [0.2, 0.25) is 0 Å². The molecule has 1 aliphatic carbocycles. The number of aromatic nitrogens is 2. The molecule has 1 aromatic heterocycles. The standard InChI is InChI=1S/C18H14N4O2/c19-10-14-13(12-5-2-1-3-6-12)9-16(23)15(17(14)24)11-22-18-20-7-4-8-21-18/h1-8,11,13-14,24H,9H2/t13-,14-/m0/s1. The smallest absolute Gasteiger partial charge is 0.249 e. The molecule has 0 radical (unpaired) electrons. The molecule has 2 aromatic rings. The summed E-state index contributed by atoms with van der Waals surface area (Å²) in [6, 6.07) is 13.0. The third-order valence-electron chi connectivity index (χ3n) is 3.91. The van der Waals surface area contributed by atoms with Crippen LogP contribution in [-0.2, 0) is 4.79 Å². The van der Waals surface area contributed by atoms with Gasteiger partial charge in [-0.05, 0) is 11.6 Å². The fraction of sp³-hybridized carbons (Fsp3) is 0.167. The summed E-state index contributed by atoms with van der Waals surface area (Å²) < 4.78 is 0. The molecule has 6 nitrogen and oxygen atoms in total. The van der Waals surface area contributed by atoms with E-state index in [0.717, 1.165) is 5.56 Å². The Morgan fingerprint density at radius 3 is 2.58 bits per heavy atom. The number of nitriles is 1. The second kappa shape index (κ2) is 6.84. The first-order valence-electron chi connectivity index (χ1n) is 7.42. The van der Waals surface area contributed by atoms with Gasteiger partial charge in [-0.1, -0.05) is 30.3 Å². The number of ketones is 1. The highest BCUT2D eigenvalue weighted by molar-refractivity contribution is 6.15. The molecule has 0 unspecified atom stereocenters. The Bertz CT molecular complexity index is 838. The van der Waals surface area contributed by atoms with Crippen LogP contribution in [0.4, 0.5) is 5.95 Å². The average Bonchev–Trinajstić information content (AvgIpc) is 2.63. The van der Waals surface area contributed by atoms with Gasteiger partial charge in [-0.15, -0.1) is 0 Å². The Balaban J connectivity index is 1.95. The van der Waals surface area contributed by atoms with Crippen molar-refractivity contribution in [1.29, 1.82) is 5.26 Å². The summed E-state index contributed by atoms with van der Waals surface area (Å²) in [4.78, 5) is 24.3. The van der Waals surface area contributed by atoms with Crippen molar-refractivity contribution in [3.8, 4) is 6.07 Å². The zero-order chi connectivity index (χ0) is 16.9. The lowest BCUT2D eigenvalue weighted by atomic mass is 9.76. The Morgan fingerprint density at radius 2 is 1.92 bits per heavy atom. The van der Waals surface area contributed by atoms with Crippen LogP contribution in [0, 0.1) is 17.2 Å². The summed E-state index contributed by atoms with van der Waals surface area (Å²) in [6.07, 6.45) is 4.43. The molecule has 0 saturated carbocycles. The largest absolute Gasteiger partial charge is 0.510 e. The lowest BCUT2D eigenvalue weighted by Crippen LogP contribution is -2.27. The van der Waals surface area contributed by atoms with Crippen LogP contribution in [0.25, 0.3) is 0 Å². The Morgan fingerprint density at radius 1 is 1.21 bits per heavy atom. The number of aliphatic imine (C=N–C) groups is 1. The van der Waals surface area contributed by atoms with Gasteiger partial charge in [0.15, 0.2) is 5.78 Å². The van der Waals surface area contributed by atoms with E-state index >= 15 is 0 Å². The maximum atomic E-state index is 12.4. The number of hydrogen-bond donors (Lipinski definition) is 1. The van der Waals surface area contributed by atoms with E-state index in [1.54, 1.807) is 6.07 Å². The van der Waals surface area contributed by atoms with Crippen LogP contribution in [0.1, 0.15) is 17.9 Å². The van der Waals surface area contributed by atoms with Crippen molar-refractivity contribution in [2.24, 2.45) is 10.9 Å². The molecule has 2 atom stereocenters. The topological polar surface area (TPSA) is 99.2 Å². The Hall–Kier alpha value is -3.33. The first-order valence-corrected chi connectivity index (χ1v) is 7.42. The van der Waals surface area contributed by atoms with Crippen molar-refractivity contribution in [2.75, 3.05) is 0 Å². The predicted molar refractivity (Wildman–Crippen MR) is 87.7 cm³/mol. The molecule has 3 rings (SSSR count). The van der Waals surface area contributed by atoms with E-state index in [1.807, 2.05) is 30.3 Å². The van der Waals surface area contributed by atoms with Crippen LogP contribution >= 0.6 is 0 Å². The van der Waals surface area contributed by atoms with E-state index in [1.165, 1.54) is 18.6 Å². The van der Waals surface area contributed by atoms with Gasteiger partial charge in [0.1, 0.15) is 11.7 Å². The zero-order valence-electron chi connectivity index (χ0n) is 12.7. The summed E-state index contributed by atoms with van der Waals surface area (Å²) >= 11 is 0. The van der Waals surface area contributed by atoms with E-state index in [0.29, 0.717) is 0 Å². The Kier molecular flexibility index (Phi) is 4.43. The monoisotopic (exact) mass is 318 g/mol. The van der Waals surface area contributed by atoms with Gasteiger partial charge in [0, 0.05) is 30.9 Å². The number of benzene rings is 1. The lowest BCUT2D eigenvalue weighted by Gasteiger charge is -2.26. The molecular weight excluding hydrogens is 304 g/mol. The van der Waals surface area contributed by atoms with Gasteiger partial charge in [0.2, 0.25) is 5.95 Å². The highest BCUT2D eigenvalue weighted by Gasteiger charge is 2.36. The maximum Gasteiger partial charge on any atom is 0.249 e. The minimum Gasteiger partial charge on any atom is -0.510 e. The summed E-state index contributed by atoms with van der Waals surface area (Å²) in [7, 11) is 0. The molecule has 0 fully saturated rings. The van der Waals surface area contributed by atoms with Gasteiger partial charge in [0.05, 0.1) is 11.6 Å². The van der Waals surface area contributed by atoms with E-state index in [2.05, 4.69) is 21.0 Å². The van der Waals surface area contributed by atoms with Crippen LogP contribution in [0.3, 0.4) is 0 Å². The molecule has 1 N–H and O–H groups in total. The number of carbonyl (C=O) groups excluding carboxylic acids is 1. The highest BCUT2D eigenvalue weighted by atomic mass is 16.3. The minimum absolute atomic E-state index is 0.0428. The van der Waals surface area contributed by atoms with E-state index in [4.69, 9.17) is 0 Å². The summed E-state index contributed by atoms with van der Waals surface area (Å²) in [6.45, 7) is 0. The number of allylic oxidation sites excluding steroid dienone is 2. The van der Waals surface area contributed by atoms with Gasteiger partial charge in [-0.2, -0.15) is 5.26 Å². The SMILES string of the molecule is N#C[C@@H]1C(O)=C(C=Nc2ncccn2)C(=O)C[C@H]1c1ccccc1. The second-order valence-electron chi connectivity index (χ2n) is 5.36. The molecule has 0 saturated heterocycles. The van der Waals surface area contributed by atoms with Crippen LogP contribution in [0.5, 0.6) is 0 Å². The van der Waals surface area contributed by atoms with Gasteiger partial charge >= 0.3 is 0 Å². The molecule has 6 heteroatoms. The minimum atomic E-state index is -0.789. The molecular formula is C18H14N4O2. The number of rotatable bonds is 3. The molecule has 1 heterocycles. The van der Waals surface area contributed by atoms with Crippen molar-refractivity contribution in [2.45, 2.75) is 12.3 Å². The third-order valence-corrected chi connectivity index (χ3v) is 3.91. The summed E-state index contributed by atoms with van der Waals surface area (Å²) in [5.74, 6) is -1.48. The molecule has 1 aromatic carbocycles. The third kappa shape index (κ3) is 3.06. The number of aliphatic hydroxyl groups excluding tert-OH is 1. The molecule has 1 aliphatic rings. The number of Topliss-reactive ketones (excluding diaryl/α,β-unsaturated/α-hetero) is 1. The first-order chi connectivity index (χ1) is 11.7. The van der Waals surface area contributed by atoms with Crippen molar-refractivity contribution in [1.82, 2.24) is 9.97 Å². The molecule has 0 aliphatic heterocycles. The number of hydrogen-bond acceptors (Lipinski definition) is 6. The van der Waals surface area contributed by atoms with E-state index in [-0.39, 0.29) is 35.4 Å². The van der Waals surface area contributed by atoms with E-state index in [9.17, 15) is 15.2 Å². The van der Waals surface area contributed by atoms with Crippen molar-refractivity contribution >= 4 is 17.9 Å². The molecule has 0 amide bonds. The quantitative estimate of drug-likeness (QED) is 0.877. The number of nitrogens with zero attached hydrogens (tertiary/aromatic N) is 4. The lowest BCUT2D eigenvalue weighted by molar-refractivity contribution is -0.116. The van der Waals surface area contributed by atoms with Crippen molar-refractivity contribution in [3.63, 3.8) is 0 Å². The van der Waals surface area contributed by atoms with Crippen LogP contribution in [-0.4, -0.2) is 27.1 Å². The van der Waals surface area contributed by atoms with Crippen molar-refractivity contribution < 1.29 is 9.90 Å². The van der Waals surface area contributed by atoms with Gasteiger partial charge in [-0.25, -0.2) is 15.0 Å². The molecule has 0 bridgehead atoms. The Labute approximate surface area is 138 Å². The predicted octanol–water partition coefficient (Wildman–Crippen LogP) is 2.89. The second-order valence-corrected chi connectivity index (χ2v) is 5.36. The van der Waals surface area contributed by atoms with E-state index < -0.39 is 5.92 Å². The highest BCUT2D eigenvalue weighted by Crippen LogP contribution is 2.37.